The molecule has 0 radical (unpaired) electrons. The van der Waals surface area contributed by atoms with Crippen LogP contribution in [0.25, 0.3) is 0 Å². The van der Waals surface area contributed by atoms with Gasteiger partial charge in [0.15, 0.2) is 9.84 Å². The molecule has 5 heteroatoms. The highest BCUT2D eigenvalue weighted by Gasteiger charge is 2.05. The molecule has 0 amide bonds. The normalized spacial score (nSPS) is 11.5. The van der Waals surface area contributed by atoms with Gasteiger partial charge in [-0.3, -0.25) is 0 Å². The second-order valence-electron chi connectivity index (χ2n) is 5.08. The Morgan fingerprint density at radius 1 is 0.952 bits per heavy atom. The van der Waals surface area contributed by atoms with E-state index in [1.165, 1.54) is 11.8 Å². The summed E-state index contributed by atoms with van der Waals surface area (Å²) in [5, 5.41) is 3.34. The van der Waals surface area contributed by atoms with Crippen molar-refractivity contribution >= 4 is 15.5 Å². The second kappa shape index (κ2) is 6.74. The van der Waals surface area contributed by atoms with Gasteiger partial charge >= 0.3 is 0 Å². The van der Waals surface area contributed by atoms with Crippen molar-refractivity contribution in [3.63, 3.8) is 0 Å². The number of sulfone groups is 1. The van der Waals surface area contributed by atoms with E-state index in [0.717, 1.165) is 30.8 Å². The average molecular weight is 304 g/mol. The van der Waals surface area contributed by atoms with Crippen LogP contribution in [0, 0.1) is 0 Å². The monoisotopic (exact) mass is 304 g/mol. The van der Waals surface area contributed by atoms with Crippen molar-refractivity contribution < 1.29 is 8.42 Å². The molecule has 0 spiro atoms. The van der Waals surface area contributed by atoms with Gasteiger partial charge in [-0.2, -0.15) is 0 Å². The molecule has 112 valence electrons. The van der Waals surface area contributed by atoms with E-state index in [1.54, 1.807) is 12.1 Å². The minimum Gasteiger partial charge on any atom is -0.399 e. The summed E-state index contributed by atoms with van der Waals surface area (Å²) >= 11 is 0. The number of benzene rings is 2. The molecular weight excluding hydrogens is 284 g/mol. The average Bonchev–Trinajstić information content (AvgIpc) is 2.45. The Labute approximate surface area is 125 Å². The topological polar surface area (TPSA) is 72.2 Å². The van der Waals surface area contributed by atoms with Crippen LogP contribution in [0.5, 0.6) is 0 Å². The van der Waals surface area contributed by atoms with Crippen LogP contribution in [0.15, 0.2) is 53.4 Å². The molecule has 0 aliphatic carbocycles. The van der Waals surface area contributed by atoms with Gasteiger partial charge in [-0.25, -0.2) is 8.42 Å². The van der Waals surface area contributed by atoms with Crippen LogP contribution in [0.4, 0.5) is 5.69 Å². The lowest BCUT2D eigenvalue weighted by atomic mass is 10.1. The highest BCUT2D eigenvalue weighted by atomic mass is 32.2. The molecule has 0 heterocycles. The van der Waals surface area contributed by atoms with Gasteiger partial charge in [0.25, 0.3) is 0 Å². The fraction of sp³-hybridized carbons (Fsp3) is 0.250. The first kappa shape index (κ1) is 15.5. The quantitative estimate of drug-likeness (QED) is 0.632. The summed E-state index contributed by atoms with van der Waals surface area (Å²) in [5.74, 6) is 0. The molecule has 3 N–H and O–H groups in total. The third-order valence-electron chi connectivity index (χ3n) is 3.25. The summed E-state index contributed by atoms with van der Waals surface area (Å²) < 4.78 is 22.7. The lowest BCUT2D eigenvalue weighted by molar-refractivity contribution is 0.601. The van der Waals surface area contributed by atoms with E-state index in [4.69, 9.17) is 5.73 Å². The Bertz CT molecular complexity index is 677. The number of nitrogens with two attached hydrogens (primary N) is 1. The van der Waals surface area contributed by atoms with Crippen LogP contribution >= 0.6 is 0 Å². The molecule has 21 heavy (non-hydrogen) atoms. The predicted octanol–water partition coefficient (Wildman–Crippen LogP) is 2.00. The summed E-state index contributed by atoms with van der Waals surface area (Å²) in [6.07, 6.45) is 2.15. The highest BCUT2D eigenvalue weighted by molar-refractivity contribution is 7.90. The molecule has 2 rings (SSSR count). The number of rotatable bonds is 6. The molecule has 0 atom stereocenters. The number of hydrogen-bond acceptors (Lipinski definition) is 4. The van der Waals surface area contributed by atoms with Gasteiger partial charge < -0.3 is 11.1 Å². The molecule has 0 saturated heterocycles. The van der Waals surface area contributed by atoms with E-state index in [1.807, 2.05) is 36.4 Å². The number of nitrogen functional groups attached to an aromatic ring is 1. The van der Waals surface area contributed by atoms with E-state index in [9.17, 15) is 8.42 Å². The Morgan fingerprint density at radius 3 is 2.10 bits per heavy atom. The lowest BCUT2D eigenvalue weighted by Gasteiger charge is -2.06. The first-order chi connectivity index (χ1) is 9.95. The second-order valence-corrected chi connectivity index (χ2v) is 7.10. The fourth-order valence-electron chi connectivity index (χ4n) is 2.00. The Hall–Kier alpha value is -1.85. The molecule has 0 bridgehead atoms. The van der Waals surface area contributed by atoms with Gasteiger partial charge in [0, 0.05) is 18.5 Å². The maximum absolute atomic E-state index is 11.4. The molecular formula is C16H20N2O2S. The fourth-order valence-corrected chi connectivity index (χ4v) is 2.63. The minimum absolute atomic E-state index is 0.355. The van der Waals surface area contributed by atoms with Gasteiger partial charge in [0.1, 0.15) is 0 Å². The third kappa shape index (κ3) is 4.88. The molecule has 0 aliphatic rings. The molecule has 0 aromatic heterocycles. The molecule has 4 nitrogen and oxygen atoms in total. The standard InChI is InChI=1S/C16H20N2O2S/c1-21(19,20)16-8-4-14(5-9-16)12-18-11-10-13-2-6-15(17)7-3-13/h2-9,18H,10-12,17H2,1H3. The van der Waals surface area contributed by atoms with Crippen molar-refractivity contribution in [2.45, 2.75) is 17.9 Å². The first-order valence-corrected chi connectivity index (χ1v) is 8.68. The zero-order valence-electron chi connectivity index (χ0n) is 12.0. The minimum atomic E-state index is -3.11. The maximum Gasteiger partial charge on any atom is 0.175 e. The highest BCUT2D eigenvalue weighted by Crippen LogP contribution is 2.10. The van der Waals surface area contributed by atoms with Crippen LogP contribution in [0.1, 0.15) is 11.1 Å². The Balaban J connectivity index is 1.80. The number of anilines is 1. The predicted molar refractivity (Wildman–Crippen MR) is 85.8 cm³/mol. The summed E-state index contributed by atoms with van der Waals surface area (Å²) in [7, 11) is -3.11. The van der Waals surface area contributed by atoms with Gasteiger partial charge in [0.05, 0.1) is 4.90 Å². The Kier molecular flexibility index (Phi) is 4.98. The summed E-state index contributed by atoms with van der Waals surface area (Å²) in [5.41, 5.74) is 8.73. The van der Waals surface area contributed by atoms with Crippen molar-refractivity contribution in [3.05, 3.63) is 59.7 Å². The van der Waals surface area contributed by atoms with Crippen molar-refractivity contribution in [1.82, 2.24) is 5.32 Å². The van der Waals surface area contributed by atoms with Crippen LogP contribution in [-0.2, 0) is 22.8 Å². The zero-order valence-corrected chi connectivity index (χ0v) is 12.9. The van der Waals surface area contributed by atoms with Crippen LogP contribution in [0.3, 0.4) is 0 Å². The number of nitrogens with one attached hydrogen (secondary N) is 1. The summed E-state index contributed by atoms with van der Waals surface area (Å²) in [6.45, 7) is 1.58. The van der Waals surface area contributed by atoms with Gasteiger partial charge in [-0.1, -0.05) is 24.3 Å². The maximum atomic E-state index is 11.4. The van der Waals surface area contributed by atoms with Crippen LogP contribution in [-0.4, -0.2) is 21.2 Å². The molecule has 2 aromatic rings. The van der Waals surface area contributed by atoms with Crippen molar-refractivity contribution in [1.29, 1.82) is 0 Å². The Morgan fingerprint density at radius 2 is 1.52 bits per heavy atom. The largest absolute Gasteiger partial charge is 0.399 e. The van der Waals surface area contributed by atoms with Crippen molar-refractivity contribution in [2.75, 3.05) is 18.5 Å². The summed E-state index contributed by atoms with van der Waals surface area (Å²) in [6, 6.07) is 14.8. The van der Waals surface area contributed by atoms with Crippen LogP contribution < -0.4 is 11.1 Å². The number of hydrogen-bond donors (Lipinski definition) is 2. The van der Waals surface area contributed by atoms with Crippen molar-refractivity contribution in [2.24, 2.45) is 0 Å². The van der Waals surface area contributed by atoms with E-state index in [2.05, 4.69) is 5.32 Å². The zero-order chi connectivity index (χ0) is 15.3. The van der Waals surface area contributed by atoms with E-state index in [0.29, 0.717) is 4.90 Å². The third-order valence-corrected chi connectivity index (χ3v) is 4.38. The first-order valence-electron chi connectivity index (χ1n) is 6.79. The smallest absolute Gasteiger partial charge is 0.175 e. The molecule has 0 unspecified atom stereocenters. The van der Waals surface area contributed by atoms with E-state index in [-0.39, 0.29) is 0 Å². The van der Waals surface area contributed by atoms with E-state index >= 15 is 0 Å². The van der Waals surface area contributed by atoms with Gasteiger partial charge in [0.2, 0.25) is 0 Å². The van der Waals surface area contributed by atoms with E-state index < -0.39 is 9.84 Å². The molecule has 0 fully saturated rings. The van der Waals surface area contributed by atoms with Gasteiger partial charge in [-0.05, 0) is 48.4 Å². The SMILES string of the molecule is CS(=O)(=O)c1ccc(CNCCc2ccc(N)cc2)cc1. The molecule has 0 aliphatic heterocycles. The summed E-state index contributed by atoms with van der Waals surface area (Å²) in [4.78, 5) is 0.355. The lowest BCUT2D eigenvalue weighted by Crippen LogP contribution is -2.16. The molecule has 2 aromatic carbocycles. The van der Waals surface area contributed by atoms with Crippen molar-refractivity contribution in [3.8, 4) is 0 Å². The van der Waals surface area contributed by atoms with Crippen LogP contribution in [0.2, 0.25) is 0 Å². The van der Waals surface area contributed by atoms with Gasteiger partial charge in [-0.15, -0.1) is 0 Å². The molecule has 0 saturated carbocycles.